The second kappa shape index (κ2) is 6.80. The predicted molar refractivity (Wildman–Crippen MR) is 75.2 cm³/mol. The number of aryl methyl sites for hydroxylation is 1. The van der Waals surface area contributed by atoms with Crippen LogP contribution in [0.3, 0.4) is 0 Å². The lowest BCUT2D eigenvalue weighted by atomic mass is 9.96. The highest BCUT2D eigenvalue weighted by Crippen LogP contribution is 2.17. The molecule has 0 bridgehead atoms. The van der Waals surface area contributed by atoms with Crippen molar-refractivity contribution in [1.82, 2.24) is 20.4 Å². The Morgan fingerprint density at radius 2 is 2.21 bits per heavy atom. The number of halogens is 1. The van der Waals surface area contributed by atoms with Crippen molar-refractivity contribution < 1.29 is 4.79 Å². The third-order valence-electron chi connectivity index (χ3n) is 3.55. The Hall–Kier alpha value is -1.23. The van der Waals surface area contributed by atoms with Crippen LogP contribution < -0.4 is 10.6 Å². The van der Waals surface area contributed by atoms with Crippen LogP contribution in [0.25, 0.3) is 0 Å². The lowest BCUT2D eigenvalue weighted by Crippen LogP contribution is -2.42. The number of amides is 2. The minimum atomic E-state index is -0.119. The van der Waals surface area contributed by atoms with Crippen molar-refractivity contribution in [2.45, 2.75) is 58.2 Å². The maximum Gasteiger partial charge on any atom is 0.315 e. The molecule has 1 aliphatic rings. The second-order valence-electron chi connectivity index (χ2n) is 4.92. The fourth-order valence-electron chi connectivity index (χ4n) is 2.48. The summed E-state index contributed by atoms with van der Waals surface area (Å²) in [5.41, 5.74) is 0.850. The van der Waals surface area contributed by atoms with Crippen molar-refractivity contribution >= 4 is 17.6 Å². The molecule has 2 amide bonds. The van der Waals surface area contributed by atoms with Gasteiger partial charge in [-0.2, -0.15) is 5.10 Å². The zero-order valence-electron chi connectivity index (χ0n) is 11.3. The molecule has 1 fully saturated rings. The lowest BCUT2D eigenvalue weighted by Gasteiger charge is -2.22. The maximum atomic E-state index is 11.8. The van der Waals surface area contributed by atoms with Gasteiger partial charge in [0, 0.05) is 12.6 Å². The van der Waals surface area contributed by atoms with Crippen LogP contribution >= 0.6 is 11.6 Å². The molecule has 1 saturated carbocycles. The van der Waals surface area contributed by atoms with Crippen LogP contribution in [0, 0.1) is 0 Å². The SMILES string of the molecule is CCn1ncc(Cl)c1CNC(=O)NC1CCCCC1. The van der Waals surface area contributed by atoms with Crippen molar-refractivity contribution in [2.24, 2.45) is 0 Å². The molecule has 2 N–H and O–H groups in total. The molecular weight excluding hydrogens is 264 g/mol. The van der Waals surface area contributed by atoms with E-state index < -0.39 is 0 Å². The van der Waals surface area contributed by atoms with Crippen LogP contribution in [0.5, 0.6) is 0 Å². The average Bonchev–Trinajstić information content (AvgIpc) is 2.78. The summed E-state index contributed by atoms with van der Waals surface area (Å²) in [5.74, 6) is 0. The minimum Gasteiger partial charge on any atom is -0.335 e. The molecule has 0 radical (unpaired) electrons. The number of nitrogens with one attached hydrogen (secondary N) is 2. The molecule has 1 heterocycles. The van der Waals surface area contributed by atoms with Gasteiger partial charge >= 0.3 is 6.03 Å². The highest BCUT2D eigenvalue weighted by atomic mass is 35.5. The van der Waals surface area contributed by atoms with Gasteiger partial charge in [0.25, 0.3) is 0 Å². The number of aromatic nitrogens is 2. The van der Waals surface area contributed by atoms with Gasteiger partial charge in [0.1, 0.15) is 0 Å². The van der Waals surface area contributed by atoms with E-state index in [1.54, 1.807) is 10.9 Å². The molecule has 5 nitrogen and oxygen atoms in total. The van der Waals surface area contributed by atoms with E-state index in [1.807, 2.05) is 6.92 Å². The van der Waals surface area contributed by atoms with Crippen molar-refractivity contribution in [3.05, 3.63) is 16.9 Å². The number of hydrogen-bond donors (Lipinski definition) is 2. The summed E-state index contributed by atoms with van der Waals surface area (Å²) < 4.78 is 1.79. The molecular formula is C13H21ClN4O. The molecule has 1 aromatic heterocycles. The smallest absolute Gasteiger partial charge is 0.315 e. The fraction of sp³-hybridized carbons (Fsp3) is 0.692. The quantitative estimate of drug-likeness (QED) is 0.893. The Bertz CT molecular complexity index is 426. The van der Waals surface area contributed by atoms with Gasteiger partial charge in [-0.25, -0.2) is 4.79 Å². The first-order valence-electron chi connectivity index (χ1n) is 6.95. The van der Waals surface area contributed by atoms with E-state index in [1.165, 1.54) is 19.3 Å². The normalized spacial score (nSPS) is 16.3. The van der Waals surface area contributed by atoms with Gasteiger partial charge in [-0.1, -0.05) is 30.9 Å². The number of carbonyl (C=O) groups is 1. The van der Waals surface area contributed by atoms with Gasteiger partial charge in [0.2, 0.25) is 0 Å². The topological polar surface area (TPSA) is 59.0 Å². The summed E-state index contributed by atoms with van der Waals surface area (Å²) in [6.07, 6.45) is 7.48. The van der Waals surface area contributed by atoms with Crippen LogP contribution in [0.1, 0.15) is 44.7 Å². The van der Waals surface area contributed by atoms with E-state index in [-0.39, 0.29) is 6.03 Å². The first-order chi connectivity index (χ1) is 9.20. The van der Waals surface area contributed by atoms with Gasteiger partial charge < -0.3 is 10.6 Å². The monoisotopic (exact) mass is 284 g/mol. The number of urea groups is 1. The summed E-state index contributed by atoms with van der Waals surface area (Å²) in [5, 5.41) is 10.6. The van der Waals surface area contributed by atoms with Gasteiger partial charge in [-0.15, -0.1) is 0 Å². The zero-order chi connectivity index (χ0) is 13.7. The number of hydrogen-bond acceptors (Lipinski definition) is 2. The molecule has 1 aliphatic carbocycles. The third-order valence-corrected chi connectivity index (χ3v) is 3.87. The van der Waals surface area contributed by atoms with Crippen LogP contribution in [-0.2, 0) is 13.1 Å². The van der Waals surface area contributed by atoms with E-state index >= 15 is 0 Å². The molecule has 6 heteroatoms. The van der Waals surface area contributed by atoms with Gasteiger partial charge in [-0.05, 0) is 19.8 Å². The summed E-state index contributed by atoms with van der Waals surface area (Å²) >= 11 is 6.04. The van der Waals surface area contributed by atoms with E-state index in [0.717, 1.165) is 25.1 Å². The average molecular weight is 285 g/mol. The third kappa shape index (κ3) is 3.86. The first kappa shape index (κ1) is 14.2. The fourth-order valence-corrected chi connectivity index (χ4v) is 2.69. The standard InChI is InChI=1S/C13H21ClN4O/c1-2-18-12(11(14)8-16-18)9-15-13(19)17-10-6-4-3-5-7-10/h8,10H,2-7,9H2,1H3,(H2,15,17,19). The zero-order valence-corrected chi connectivity index (χ0v) is 12.0. The largest absolute Gasteiger partial charge is 0.335 e. The molecule has 1 aromatic rings. The Kier molecular flexibility index (Phi) is 5.07. The highest BCUT2D eigenvalue weighted by molar-refractivity contribution is 6.31. The van der Waals surface area contributed by atoms with E-state index in [2.05, 4.69) is 15.7 Å². The predicted octanol–water partition coefficient (Wildman–Crippen LogP) is 2.69. The minimum absolute atomic E-state index is 0.119. The molecule has 19 heavy (non-hydrogen) atoms. The van der Waals surface area contributed by atoms with Gasteiger partial charge in [0.15, 0.2) is 0 Å². The highest BCUT2D eigenvalue weighted by Gasteiger charge is 2.16. The lowest BCUT2D eigenvalue weighted by molar-refractivity contribution is 0.232. The van der Waals surface area contributed by atoms with E-state index in [9.17, 15) is 4.79 Å². The van der Waals surface area contributed by atoms with Crippen molar-refractivity contribution in [3.63, 3.8) is 0 Å². The molecule has 0 spiro atoms. The van der Waals surface area contributed by atoms with Crippen LogP contribution in [0.2, 0.25) is 5.02 Å². The molecule has 0 unspecified atom stereocenters. The first-order valence-corrected chi connectivity index (χ1v) is 7.33. The number of carbonyl (C=O) groups excluding carboxylic acids is 1. The van der Waals surface area contributed by atoms with Crippen LogP contribution in [0.15, 0.2) is 6.20 Å². The molecule has 2 rings (SSSR count). The second-order valence-corrected chi connectivity index (χ2v) is 5.32. The van der Waals surface area contributed by atoms with Crippen molar-refractivity contribution in [3.8, 4) is 0 Å². The van der Waals surface area contributed by atoms with Gasteiger partial charge in [-0.3, -0.25) is 4.68 Å². The van der Waals surface area contributed by atoms with Crippen molar-refractivity contribution in [1.29, 1.82) is 0 Å². The Morgan fingerprint density at radius 1 is 1.47 bits per heavy atom. The summed E-state index contributed by atoms with van der Waals surface area (Å²) in [7, 11) is 0. The van der Waals surface area contributed by atoms with Gasteiger partial charge in [0.05, 0.1) is 23.5 Å². The number of rotatable bonds is 4. The molecule has 0 aliphatic heterocycles. The van der Waals surface area contributed by atoms with E-state index in [0.29, 0.717) is 17.6 Å². The molecule has 0 atom stereocenters. The molecule has 106 valence electrons. The van der Waals surface area contributed by atoms with Crippen LogP contribution in [0.4, 0.5) is 4.79 Å². The Labute approximate surface area is 118 Å². The van der Waals surface area contributed by atoms with E-state index in [4.69, 9.17) is 11.6 Å². The Morgan fingerprint density at radius 3 is 2.89 bits per heavy atom. The molecule has 0 aromatic carbocycles. The van der Waals surface area contributed by atoms with Crippen molar-refractivity contribution in [2.75, 3.05) is 0 Å². The summed E-state index contributed by atoms with van der Waals surface area (Å²) in [4.78, 5) is 11.8. The van der Waals surface area contributed by atoms with Crippen LogP contribution in [-0.4, -0.2) is 21.9 Å². The number of nitrogens with zero attached hydrogens (tertiary/aromatic N) is 2. The maximum absolute atomic E-state index is 11.8. The summed E-state index contributed by atoms with van der Waals surface area (Å²) in [6, 6.07) is 0.201. The molecule has 0 saturated heterocycles. The Balaban J connectivity index is 1.80. The summed E-state index contributed by atoms with van der Waals surface area (Å²) in [6.45, 7) is 3.15.